The van der Waals surface area contributed by atoms with Crippen LogP contribution in [0.1, 0.15) is 24.4 Å². The molecule has 24 heavy (non-hydrogen) atoms. The smallest absolute Gasteiger partial charge is 0.325 e. The van der Waals surface area contributed by atoms with Crippen LogP contribution in [-0.2, 0) is 14.3 Å². The molecular weight excluding hydrogens is 386 g/mol. The van der Waals surface area contributed by atoms with Gasteiger partial charge >= 0.3 is 12.0 Å². The van der Waals surface area contributed by atoms with Crippen molar-refractivity contribution in [3.05, 3.63) is 22.6 Å². The Labute approximate surface area is 146 Å². The highest BCUT2D eigenvalue weighted by Gasteiger charge is 2.14. The van der Waals surface area contributed by atoms with Crippen LogP contribution in [0.25, 0.3) is 0 Å². The third-order valence-electron chi connectivity index (χ3n) is 2.48. The van der Waals surface area contributed by atoms with E-state index in [1.54, 1.807) is 0 Å². The topological polar surface area (TPSA) is 127 Å². The Bertz CT molecular complexity index is 613. The molecule has 1 aromatic heterocycles. The Hall–Kier alpha value is -2.36. The summed E-state index contributed by atoms with van der Waals surface area (Å²) < 4.78 is 10.0. The van der Waals surface area contributed by atoms with Gasteiger partial charge in [-0.1, -0.05) is 13.8 Å². The summed E-state index contributed by atoms with van der Waals surface area (Å²) in [4.78, 5) is 45.8. The molecule has 0 aromatic carbocycles. The lowest BCUT2D eigenvalue weighted by molar-refractivity contribution is -0.147. The molecule has 132 valence electrons. The zero-order valence-corrected chi connectivity index (χ0v) is 14.8. The number of hydrogen-bond donors (Lipinski definition) is 3. The molecule has 0 unspecified atom stereocenters. The van der Waals surface area contributed by atoms with Gasteiger partial charge in [-0.15, -0.1) is 0 Å². The average molecular weight is 404 g/mol. The van der Waals surface area contributed by atoms with Crippen LogP contribution in [0, 0.1) is 5.92 Å². The number of halogens is 1. The fourth-order valence-electron chi connectivity index (χ4n) is 1.38. The van der Waals surface area contributed by atoms with Crippen molar-refractivity contribution in [3.63, 3.8) is 0 Å². The van der Waals surface area contributed by atoms with E-state index in [9.17, 15) is 19.2 Å². The van der Waals surface area contributed by atoms with Crippen molar-refractivity contribution in [2.24, 2.45) is 5.92 Å². The molecule has 4 amide bonds. The Morgan fingerprint density at radius 2 is 1.92 bits per heavy atom. The minimum Gasteiger partial charge on any atom is -0.454 e. The molecule has 0 radical (unpaired) electrons. The first-order chi connectivity index (χ1) is 11.3. The fraction of sp³-hybridized carbons (Fsp3) is 0.429. The average Bonchev–Trinajstić information content (AvgIpc) is 2.95. The Balaban J connectivity index is 2.22. The Morgan fingerprint density at radius 1 is 1.21 bits per heavy atom. The number of carbonyl (C=O) groups excluding carboxylic acids is 4. The number of amides is 4. The predicted octanol–water partition coefficient (Wildman–Crippen LogP) is 0.797. The molecule has 3 N–H and O–H groups in total. The summed E-state index contributed by atoms with van der Waals surface area (Å²) in [7, 11) is 0. The zero-order chi connectivity index (χ0) is 18.1. The number of hydrogen-bond acceptors (Lipinski definition) is 6. The minimum atomic E-state index is -0.827. The Kier molecular flexibility index (Phi) is 7.96. The van der Waals surface area contributed by atoms with Gasteiger partial charge in [0.05, 0.1) is 0 Å². The van der Waals surface area contributed by atoms with Crippen molar-refractivity contribution < 1.29 is 28.3 Å². The molecule has 0 saturated heterocycles. The lowest BCUT2D eigenvalue weighted by Crippen LogP contribution is -2.43. The minimum absolute atomic E-state index is 0.0224. The van der Waals surface area contributed by atoms with E-state index in [1.165, 1.54) is 12.1 Å². The summed E-state index contributed by atoms with van der Waals surface area (Å²) in [5.41, 5.74) is 0. The van der Waals surface area contributed by atoms with Crippen molar-refractivity contribution in [1.82, 2.24) is 16.0 Å². The van der Waals surface area contributed by atoms with Gasteiger partial charge in [0.1, 0.15) is 6.54 Å². The van der Waals surface area contributed by atoms with Crippen molar-refractivity contribution in [1.29, 1.82) is 0 Å². The van der Waals surface area contributed by atoms with Crippen molar-refractivity contribution in [2.45, 2.75) is 13.8 Å². The lowest BCUT2D eigenvalue weighted by Gasteiger charge is -2.09. The van der Waals surface area contributed by atoms with Gasteiger partial charge in [0.2, 0.25) is 0 Å². The predicted molar refractivity (Wildman–Crippen MR) is 86.1 cm³/mol. The number of imide groups is 1. The van der Waals surface area contributed by atoms with Crippen LogP contribution in [0.3, 0.4) is 0 Å². The standard InChI is InChI=1S/C14H18BrN3O6/c1-8(2)5-17-14(22)18-11(19)7-23-12(20)6-16-13(21)9-3-4-10(15)24-9/h3-4,8H,5-7H2,1-2H3,(H,16,21)(H2,17,18,19,22). The molecular formula is C14H18BrN3O6. The van der Waals surface area contributed by atoms with Gasteiger partial charge in [0.25, 0.3) is 11.8 Å². The summed E-state index contributed by atoms with van der Waals surface area (Å²) in [5.74, 6) is -1.94. The number of carbonyl (C=O) groups is 4. The second kappa shape index (κ2) is 9.71. The van der Waals surface area contributed by atoms with Crippen molar-refractivity contribution in [2.75, 3.05) is 19.7 Å². The molecule has 1 heterocycles. The molecule has 0 aliphatic rings. The Morgan fingerprint density at radius 3 is 2.50 bits per heavy atom. The third-order valence-corrected chi connectivity index (χ3v) is 2.90. The summed E-state index contributed by atoms with van der Waals surface area (Å²) in [6, 6.07) is 2.29. The SMILES string of the molecule is CC(C)CNC(=O)NC(=O)COC(=O)CNC(=O)c1ccc(Br)o1. The maximum atomic E-state index is 11.6. The van der Waals surface area contributed by atoms with Gasteiger partial charge in [-0.3, -0.25) is 19.7 Å². The normalized spacial score (nSPS) is 10.2. The number of furan rings is 1. The number of ether oxygens (including phenoxy) is 1. The number of rotatable bonds is 7. The zero-order valence-electron chi connectivity index (χ0n) is 13.2. The monoisotopic (exact) mass is 403 g/mol. The van der Waals surface area contributed by atoms with Crippen LogP contribution in [-0.4, -0.2) is 43.5 Å². The molecule has 0 atom stereocenters. The van der Waals surface area contributed by atoms with E-state index >= 15 is 0 Å². The van der Waals surface area contributed by atoms with Gasteiger partial charge in [-0.2, -0.15) is 0 Å². The number of urea groups is 1. The molecule has 0 aliphatic carbocycles. The lowest BCUT2D eigenvalue weighted by atomic mass is 10.2. The molecule has 1 aromatic rings. The van der Waals surface area contributed by atoms with Crippen LogP contribution in [0.5, 0.6) is 0 Å². The quantitative estimate of drug-likeness (QED) is 0.577. The van der Waals surface area contributed by atoms with Crippen molar-refractivity contribution >= 4 is 39.7 Å². The molecule has 9 nitrogen and oxygen atoms in total. The van der Waals surface area contributed by atoms with E-state index in [0.717, 1.165) is 0 Å². The second-order valence-electron chi connectivity index (χ2n) is 5.10. The number of nitrogens with one attached hydrogen (secondary N) is 3. The molecule has 10 heteroatoms. The van der Waals surface area contributed by atoms with Gasteiger partial charge < -0.3 is 19.8 Å². The van der Waals surface area contributed by atoms with Gasteiger partial charge in [-0.25, -0.2) is 4.79 Å². The van der Waals surface area contributed by atoms with Crippen LogP contribution in [0.15, 0.2) is 21.2 Å². The molecule has 0 bridgehead atoms. The van der Waals surface area contributed by atoms with Crippen LogP contribution >= 0.6 is 15.9 Å². The first-order valence-corrected chi connectivity index (χ1v) is 7.84. The molecule has 0 saturated carbocycles. The maximum absolute atomic E-state index is 11.6. The van der Waals surface area contributed by atoms with E-state index in [-0.39, 0.29) is 11.7 Å². The molecule has 1 rings (SSSR count). The molecule has 0 spiro atoms. The summed E-state index contributed by atoms with van der Waals surface area (Å²) in [6.07, 6.45) is 0. The summed E-state index contributed by atoms with van der Waals surface area (Å²) >= 11 is 3.04. The van der Waals surface area contributed by atoms with Gasteiger partial charge in [0.15, 0.2) is 17.0 Å². The van der Waals surface area contributed by atoms with Crippen LogP contribution in [0.4, 0.5) is 4.79 Å². The van der Waals surface area contributed by atoms with E-state index < -0.39 is 37.0 Å². The van der Waals surface area contributed by atoms with Gasteiger partial charge in [0, 0.05) is 6.54 Å². The van der Waals surface area contributed by atoms with Gasteiger partial charge in [-0.05, 0) is 34.0 Å². The number of esters is 1. The van der Waals surface area contributed by atoms with E-state index in [0.29, 0.717) is 11.2 Å². The van der Waals surface area contributed by atoms with Crippen LogP contribution < -0.4 is 16.0 Å². The van der Waals surface area contributed by atoms with E-state index in [2.05, 4.69) is 31.3 Å². The first kappa shape index (κ1) is 19.7. The highest BCUT2D eigenvalue weighted by molar-refractivity contribution is 9.10. The van der Waals surface area contributed by atoms with E-state index in [4.69, 9.17) is 4.42 Å². The van der Waals surface area contributed by atoms with E-state index in [1.807, 2.05) is 19.2 Å². The third kappa shape index (κ3) is 7.77. The highest BCUT2D eigenvalue weighted by atomic mass is 79.9. The van der Waals surface area contributed by atoms with Crippen molar-refractivity contribution in [3.8, 4) is 0 Å². The first-order valence-electron chi connectivity index (χ1n) is 7.04. The summed E-state index contributed by atoms with van der Waals surface area (Å²) in [5, 5.41) is 6.76. The highest BCUT2D eigenvalue weighted by Crippen LogP contribution is 2.13. The summed E-state index contributed by atoms with van der Waals surface area (Å²) in [6.45, 7) is 3.15. The largest absolute Gasteiger partial charge is 0.454 e. The fourth-order valence-corrected chi connectivity index (χ4v) is 1.68. The van der Waals surface area contributed by atoms with Crippen LogP contribution in [0.2, 0.25) is 0 Å². The molecule has 0 aliphatic heterocycles. The maximum Gasteiger partial charge on any atom is 0.325 e. The molecule has 0 fully saturated rings. The second-order valence-corrected chi connectivity index (χ2v) is 5.88.